The minimum absolute atomic E-state index is 0.183. The van der Waals surface area contributed by atoms with Gasteiger partial charge in [-0.25, -0.2) is 0 Å². The molecule has 3 aromatic rings. The summed E-state index contributed by atoms with van der Waals surface area (Å²) in [5.74, 6) is -0.183. The lowest BCUT2D eigenvalue weighted by molar-refractivity contribution is 0.100. The third kappa shape index (κ3) is 2.50. The lowest BCUT2D eigenvalue weighted by Gasteiger charge is -2.01. The monoisotopic (exact) mass is 300 g/mol. The van der Waals surface area contributed by atoms with Crippen molar-refractivity contribution in [3.63, 3.8) is 0 Å². The van der Waals surface area contributed by atoms with Gasteiger partial charge in [0.2, 0.25) is 0 Å². The molecule has 0 N–H and O–H groups in total. The largest absolute Gasteiger partial charge is 0.319 e. The number of hydrogen-bond acceptors (Lipinski definition) is 3. The van der Waals surface area contributed by atoms with Crippen LogP contribution in [0.4, 0.5) is 0 Å². The van der Waals surface area contributed by atoms with E-state index in [1.165, 1.54) is 22.7 Å². The summed E-state index contributed by atoms with van der Waals surface area (Å²) in [6.07, 6.45) is 0. The van der Waals surface area contributed by atoms with E-state index in [-0.39, 0.29) is 5.91 Å². The molecule has 2 heterocycles. The predicted molar refractivity (Wildman–Crippen MR) is 82.9 cm³/mol. The van der Waals surface area contributed by atoms with E-state index in [9.17, 15) is 4.79 Å². The van der Waals surface area contributed by atoms with Crippen LogP contribution in [0, 0.1) is 0 Å². The third-order valence-electron chi connectivity index (χ3n) is 2.92. The van der Waals surface area contributed by atoms with Crippen molar-refractivity contribution in [2.75, 3.05) is 0 Å². The maximum absolute atomic E-state index is 12.0. The first-order chi connectivity index (χ1) is 9.75. The van der Waals surface area contributed by atoms with Gasteiger partial charge in [0.15, 0.2) is 4.80 Å². The van der Waals surface area contributed by atoms with E-state index in [1.807, 2.05) is 58.8 Å². The molecule has 0 spiro atoms. The van der Waals surface area contributed by atoms with Crippen molar-refractivity contribution in [2.24, 2.45) is 12.0 Å². The zero-order valence-corrected chi connectivity index (χ0v) is 12.4. The molecule has 0 radical (unpaired) electrons. The van der Waals surface area contributed by atoms with Gasteiger partial charge in [0.05, 0.1) is 10.6 Å². The summed E-state index contributed by atoms with van der Waals surface area (Å²) in [4.78, 5) is 17.6. The molecule has 0 aliphatic heterocycles. The molecule has 20 heavy (non-hydrogen) atoms. The summed E-state index contributed by atoms with van der Waals surface area (Å²) in [6.45, 7) is 0. The van der Waals surface area contributed by atoms with Crippen LogP contribution in [0.5, 0.6) is 0 Å². The highest BCUT2D eigenvalue weighted by molar-refractivity contribution is 7.12. The summed E-state index contributed by atoms with van der Waals surface area (Å²) in [5, 5.41) is 3.91. The topological polar surface area (TPSA) is 34.4 Å². The first-order valence-corrected chi connectivity index (χ1v) is 7.84. The number of rotatable bonds is 2. The number of benzene rings is 1. The van der Waals surface area contributed by atoms with Gasteiger partial charge in [-0.15, -0.1) is 22.7 Å². The normalized spacial score (nSPS) is 11.8. The van der Waals surface area contributed by atoms with Crippen LogP contribution in [0.15, 0.2) is 58.2 Å². The maximum Gasteiger partial charge on any atom is 0.289 e. The van der Waals surface area contributed by atoms with E-state index in [4.69, 9.17) is 0 Å². The molecule has 3 nitrogen and oxygen atoms in total. The summed E-state index contributed by atoms with van der Waals surface area (Å²) in [5.41, 5.74) is 2.18. The van der Waals surface area contributed by atoms with Gasteiger partial charge in [0, 0.05) is 12.4 Å². The Balaban J connectivity index is 2.01. The van der Waals surface area contributed by atoms with Gasteiger partial charge in [-0.05, 0) is 17.0 Å². The lowest BCUT2D eigenvalue weighted by Crippen LogP contribution is -2.14. The molecule has 2 aromatic heterocycles. The van der Waals surface area contributed by atoms with Gasteiger partial charge in [-0.2, -0.15) is 4.99 Å². The van der Waals surface area contributed by atoms with Crippen LogP contribution in [0.2, 0.25) is 0 Å². The molecule has 0 atom stereocenters. The molecule has 0 aliphatic carbocycles. The molecule has 0 saturated heterocycles. The summed E-state index contributed by atoms with van der Waals surface area (Å²) in [6, 6.07) is 13.7. The number of hydrogen-bond donors (Lipinski definition) is 0. The smallest absolute Gasteiger partial charge is 0.289 e. The second kappa shape index (κ2) is 5.56. The number of amides is 1. The highest BCUT2D eigenvalue weighted by Gasteiger charge is 2.07. The number of aromatic nitrogens is 1. The Bertz CT molecular complexity index is 783. The van der Waals surface area contributed by atoms with E-state index in [0.717, 1.165) is 11.3 Å². The van der Waals surface area contributed by atoms with Crippen molar-refractivity contribution < 1.29 is 4.79 Å². The van der Waals surface area contributed by atoms with Crippen molar-refractivity contribution >= 4 is 28.6 Å². The van der Waals surface area contributed by atoms with Gasteiger partial charge in [-0.1, -0.05) is 36.4 Å². The molecule has 0 aliphatic rings. The van der Waals surface area contributed by atoms with E-state index in [0.29, 0.717) is 9.68 Å². The van der Waals surface area contributed by atoms with Crippen LogP contribution in [0.3, 0.4) is 0 Å². The Morgan fingerprint density at radius 1 is 1.10 bits per heavy atom. The minimum Gasteiger partial charge on any atom is -0.319 e. The van der Waals surface area contributed by atoms with Crippen molar-refractivity contribution in [2.45, 2.75) is 0 Å². The van der Waals surface area contributed by atoms with E-state index in [2.05, 4.69) is 4.99 Å². The molecule has 1 amide bonds. The van der Waals surface area contributed by atoms with Crippen molar-refractivity contribution in [1.29, 1.82) is 0 Å². The Morgan fingerprint density at radius 3 is 2.60 bits per heavy atom. The average Bonchev–Trinajstić information content (AvgIpc) is 3.11. The molecule has 0 unspecified atom stereocenters. The zero-order chi connectivity index (χ0) is 13.9. The molecule has 100 valence electrons. The molecule has 0 fully saturated rings. The Hall–Kier alpha value is -1.98. The molecule has 3 rings (SSSR count). The van der Waals surface area contributed by atoms with Gasteiger partial charge < -0.3 is 4.57 Å². The number of thiazole rings is 1. The Labute approximate surface area is 124 Å². The maximum atomic E-state index is 12.0. The fraction of sp³-hybridized carbons (Fsp3) is 0.0667. The molecular weight excluding hydrogens is 288 g/mol. The Morgan fingerprint density at radius 2 is 1.90 bits per heavy atom. The molecule has 1 aromatic carbocycles. The number of nitrogens with zero attached hydrogens (tertiary/aromatic N) is 2. The molecule has 0 saturated carbocycles. The average molecular weight is 300 g/mol. The Kier molecular flexibility index (Phi) is 3.62. The van der Waals surface area contributed by atoms with E-state index >= 15 is 0 Å². The summed E-state index contributed by atoms with van der Waals surface area (Å²) >= 11 is 2.89. The van der Waals surface area contributed by atoms with Crippen LogP contribution >= 0.6 is 22.7 Å². The summed E-state index contributed by atoms with van der Waals surface area (Å²) < 4.78 is 1.95. The number of carbonyl (C=O) groups excluding carboxylic acids is 1. The van der Waals surface area contributed by atoms with E-state index in [1.54, 1.807) is 6.07 Å². The first kappa shape index (κ1) is 13.0. The number of carbonyl (C=O) groups is 1. The van der Waals surface area contributed by atoms with Gasteiger partial charge >= 0.3 is 0 Å². The molecule has 5 heteroatoms. The fourth-order valence-electron chi connectivity index (χ4n) is 1.88. The minimum atomic E-state index is -0.183. The third-order valence-corrected chi connectivity index (χ3v) is 4.70. The second-order valence-corrected chi connectivity index (χ2v) is 6.01. The first-order valence-electron chi connectivity index (χ1n) is 6.08. The zero-order valence-electron chi connectivity index (χ0n) is 10.8. The summed E-state index contributed by atoms with van der Waals surface area (Å²) in [7, 11) is 1.93. The standard InChI is InChI=1S/C15H12N2OS2/c1-17-12(11-6-3-2-4-7-11)10-20-15(17)16-14(18)13-8-5-9-19-13/h2-10H,1H3/b16-15+. The van der Waals surface area contributed by atoms with Crippen LogP contribution < -0.4 is 4.80 Å². The van der Waals surface area contributed by atoms with Gasteiger partial charge in [0.1, 0.15) is 0 Å². The van der Waals surface area contributed by atoms with Crippen molar-refractivity contribution in [1.82, 2.24) is 4.57 Å². The number of thiophene rings is 1. The fourth-order valence-corrected chi connectivity index (χ4v) is 3.39. The predicted octanol–water partition coefficient (Wildman–Crippen LogP) is 3.56. The highest BCUT2D eigenvalue weighted by Crippen LogP contribution is 2.18. The van der Waals surface area contributed by atoms with Crippen LogP contribution in [-0.2, 0) is 7.05 Å². The van der Waals surface area contributed by atoms with Crippen molar-refractivity contribution in [3.05, 3.63) is 62.9 Å². The van der Waals surface area contributed by atoms with Gasteiger partial charge in [-0.3, -0.25) is 4.79 Å². The van der Waals surface area contributed by atoms with Crippen LogP contribution in [0.25, 0.3) is 11.3 Å². The molecule has 0 bridgehead atoms. The lowest BCUT2D eigenvalue weighted by atomic mass is 10.2. The quantitative estimate of drug-likeness (QED) is 0.712. The molecular formula is C15H12N2OS2. The second-order valence-electron chi connectivity index (χ2n) is 4.22. The van der Waals surface area contributed by atoms with E-state index < -0.39 is 0 Å². The van der Waals surface area contributed by atoms with Gasteiger partial charge in [0.25, 0.3) is 5.91 Å². The van der Waals surface area contributed by atoms with Crippen LogP contribution in [-0.4, -0.2) is 10.5 Å². The van der Waals surface area contributed by atoms with Crippen LogP contribution in [0.1, 0.15) is 9.67 Å². The van der Waals surface area contributed by atoms with Crippen molar-refractivity contribution in [3.8, 4) is 11.3 Å². The highest BCUT2D eigenvalue weighted by atomic mass is 32.1. The SMILES string of the molecule is Cn1c(-c2ccccc2)cs/c1=N/C(=O)c1cccs1.